The van der Waals surface area contributed by atoms with Gasteiger partial charge in [-0.25, -0.2) is 4.79 Å². The van der Waals surface area contributed by atoms with Crippen LogP contribution in [0.5, 0.6) is 0 Å². The lowest BCUT2D eigenvalue weighted by Gasteiger charge is -2.15. The van der Waals surface area contributed by atoms with Crippen LogP contribution in [0.15, 0.2) is 21.3 Å². The molecular formula is C11H12BrClO4. The number of hydrogen-bond donors (Lipinski definition) is 0. The Labute approximate surface area is 113 Å². The van der Waals surface area contributed by atoms with Crippen LogP contribution < -0.4 is 0 Å². The molecule has 0 bridgehead atoms. The molecule has 1 heterocycles. The Bertz CT molecular complexity index is 400. The highest BCUT2D eigenvalue weighted by Gasteiger charge is 2.35. The van der Waals surface area contributed by atoms with Crippen molar-refractivity contribution < 1.29 is 19.1 Å². The first-order valence-corrected chi connectivity index (χ1v) is 6.34. The predicted molar refractivity (Wildman–Crippen MR) is 66.4 cm³/mol. The van der Waals surface area contributed by atoms with Gasteiger partial charge in [0.15, 0.2) is 5.76 Å². The van der Waals surface area contributed by atoms with Crippen molar-refractivity contribution in [2.45, 2.75) is 32.8 Å². The molecule has 0 N–H and O–H groups in total. The number of cyclic esters (lactones) is 1. The molecule has 0 saturated carbocycles. The van der Waals surface area contributed by atoms with Crippen LogP contribution in [0, 0.1) is 0 Å². The molecule has 17 heavy (non-hydrogen) atoms. The molecule has 94 valence electrons. The van der Waals surface area contributed by atoms with E-state index in [4.69, 9.17) is 21.1 Å². The topological polar surface area (TPSA) is 52.6 Å². The molecule has 0 spiro atoms. The quantitative estimate of drug-likeness (QED) is 0.746. The number of carbonyl (C=O) groups excluding carboxylic acids is 2. The lowest BCUT2D eigenvalue weighted by molar-refractivity contribution is -0.146. The van der Waals surface area contributed by atoms with Crippen LogP contribution in [0.4, 0.5) is 0 Å². The van der Waals surface area contributed by atoms with Gasteiger partial charge in [0, 0.05) is 12.5 Å². The van der Waals surface area contributed by atoms with E-state index in [1.165, 1.54) is 6.92 Å². The Morgan fingerprint density at radius 1 is 1.65 bits per heavy atom. The summed E-state index contributed by atoms with van der Waals surface area (Å²) in [5.74, 6) is -0.740. The van der Waals surface area contributed by atoms with Gasteiger partial charge < -0.3 is 9.47 Å². The third-order valence-corrected chi connectivity index (χ3v) is 3.17. The maximum Gasteiger partial charge on any atom is 0.344 e. The van der Waals surface area contributed by atoms with E-state index in [2.05, 4.69) is 15.9 Å². The zero-order valence-electron chi connectivity index (χ0n) is 9.46. The minimum atomic E-state index is -0.603. The average molecular weight is 324 g/mol. The third-order valence-electron chi connectivity index (χ3n) is 2.16. The van der Waals surface area contributed by atoms with Crippen LogP contribution in [-0.2, 0) is 19.1 Å². The minimum Gasteiger partial charge on any atom is -0.457 e. The number of allylic oxidation sites excluding steroid dienone is 1. The van der Waals surface area contributed by atoms with Crippen LogP contribution in [0.1, 0.15) is 26.7 Å². The molecular weight excluding hydrogens is 311 g/mol. The van der Waals surface area contributed by atoms with Gasteiger partial charge in [0.05, 0.1) is 10.1 Å². The fourth-order valence-electron chi connectivity index (χ4n) is 1.49. The highest BCUT2D eigenvalue weighted by atomic mass is 79.9. The van der Waals surface area contributed by atoms with Gasteiger partial charge in [-0.05, 0) is 22.4 Å². The molecule has 1 atom stereocenters. The van der Waals surface area contributed by atoms with E-state index in [9.17, 15) is 9.59 Å². The average Bonchev–Trinajstić information content (AvgIpc) is 2.52. The molecule has 1 rings (SSSR count). The second-order valence-electron chi connectivity index (χ2n) is 3.48. The van der Waals surface area contributed by atoms with Crippen LogP contribution in [0.25, 0.3) is 0 Å². The van der Waals surface area contributed by atoms with Gasteiger partial charge in [0.25, 0.3) is 0 Å². The first-order chi connectivity index (χ1) is 8.01. The molecule has 0 aromatic carbocycles. The van der Waals surface area contributed by atoms with Crippen molar-refractivity contribution >= 4 is 39.5 Å². The van der Waals surface area contributed by atoms with Crippen molar-refractivity contribution in [1.29, 1.82) is 0 Å². The highest BCUT2D eigenvalue weighted by Crippen LogP contribution is 2.35. The molecule has 6 heteroatoms. The van der Waals surface area contributed by atoms with Crippen LogP contribution in [-0.4, -0.2) is 18.0 Å². The molecule has 0 fully saturated rings. The molecule has 0 radical (unpaired) electrons. The van der Waals surface area contributed by atoms with Crippen molar-refractivity contribution in [3.05, 3.63) is 21.3 Å². The Kier molecular flexibility index (Phi) is 5.21. The van der Waals surface area contributed by atoms with Crippen molar-refractivity contribution in [1.82, 2.24) is 0 Å². The minimum absolute atomic E-state index is 0.236. The van der Waals surface area contributed by atoms with Crippen molar-refractivity contribution in [2.75, 3.05) is 0 Å². The molecule has 1 aliphatic rings. The van der Waals surface area contributed by atoms with Gasteiger partial charge >= 0.3 is 11.9 Å². The second kappa shape index (κ2) is 6.21. The lowest BCUT2D eigenvalue weighted by Crippen LogP contribution is -2.22. The summed E-state index contributed by atoms with van der Waals surface area (Å²) in [6.45, 7) is 3.24. The van der Waals surface area contributed by atoms with E-state index >= 15 is 0 Å². The second-order valence-corrected chi connectivity index (χ2v) is 4.49. The molecule has 4 nitrogen and oxygen atoms in total. The van der Waals surface area contributed by atoms with E-state index in [-0.39, 0.29) is 5.76 Å². The summed E-state index contributed by atoms with van der Waals surface area (Å²) in [6.07, 6.45) is 0.720. The van der Waals surface area contributed by atoms with E-state index in [0.717, 1.165) is 12.0 Å². The lowest BCUT2D eigenvalue weighted by atomic mass is 10.1. The summed E-state index contributed by atoms with van der Waals surface area (Å²) in [4.78, 5) is 22.6. The molecule has 0 amide bonds. The first kappa shape index (κ1) is 14.3. The fourth-order valence-corrected chi connectivity index (χ4v) is 2.39. The Morgan fingerprint density at radius 2 is 2.29 bits per heavy atom. The molecule has 1 aliphatic heterocycles. The van der Waals surface area contributed by atoms with Crippen LogP contribution in [0.3, 0.4) is 0 Å². The van der Waals surface area contributed by atoms with Gasteiger partial charge in [-0.3, -0.25) is 4.79 Å². The summed E-state index contributed by atoms with van der Waals surface area (Å²) in [5.41, 5.74) is 1.46. The number of rotatable bonds is 4. The fraction of sp³-hybridized carbons (Fsp3) is 0.455. The van der Waals surface area contributed by atoms with Gasteiger partial charge in [0.1, 0.15) is 6.10 Å². The summed E-state index contributed by atoms with van der Waals surface area (Å²) in [5, 5.41) is 0. The predicted octanol–water partition coefficient (Wildman–Crippen LogP) is 3.00. The largest absolute Gasteiger partial charge is 0.457 e. The Hall–Kier alpha value is -0.810. The number of carbonyl (C=O) groups is 2. The van der Waals surface area contributed by atoms with E-state index in [1.54, 1.807) is 0 Å². The van der Waals surface area contributed by atoms with Gasteiger partial charge in [0.2, 0.25) is 0 Å². The molecule has 0 aromatic heterocycles. The number of ether oxygens (including phenoxy) is 2. The zero-order valence-corrected chi connectivity index (χ0v) is 11.8. The smallest absolute Gasteiger partial charge is 0.344 e. The standard InChI is InChI=1S/C11H12BrClO4/c1-3-4-7(16-6(2)14)9-10(12)8(5-13)17-11(9)15/h5,7H,3-4H2,1-2H3/b8-5+. The van der Waals surface area contributed by atoms with Crippen molar-refractivity contribution in [3.8, 4) is 0 Å². The Morgan fingerprint density at radius 3 is 2.71 bits per heavy atom. The van der Waals surface area contributed by atoms with Crippen LogP contribution >= 0.6 is 27.5 Å². The van der Waals surface area contributed by atoms with Gasteiger partial charge in [-0.1, -0.05) is 24.9 Å². The summed E-state index contributed by atoms with van der Waals surface area (Å²) >= 11 is 8.73. The molecule has 1 unspecified atom stereocenters. The van der Waals surface area contributed by atoms with E-state index in [0.29, 0.717) is 16.5 Å². The van der Waals surface area contributed by atoms with Gasteiger partial charge in [-0.15, -0.1) is 0 Å². The zero-order chi connectivity index (χ0) is 13.0. The Balaban J connectivity index is 3.04. The third kappa shape index (κ3) is 3.33. The highest BCUT2D eigenvalue weighted by molar-refractivity contribution is 9.12. The van der Waals surface area contributed by atoms with E-state index in [1.807, 2.05) is 6.92 Å². The SMILES string of the molecule is CCCC(OC(C)=O)C1=C(Br)/C(=C\Cl)OC1=O. The van der Waals surface area contributed by atoms with Gasteiger partial charge in [-0.2, -0.15) is 0 Å². The normalized spacial score (nSPS) is 19.5. The maximum atomic E-state index is 11.7. The molecule has 0 saturated heterocycles. The summed E-state index contributed by atoms with van der Waals surface area (Å²) in [6, 6.07) is 0. The molecule has 0 aliphatic carbocycles. The number of hydrogen-bond acceptors (Lipinski definition) is 4. The van der Waals surface area contributed by atoms with E-state index < -0.39 is 18.0 Å². The number of esters is 2. The maximum absolute atomic E-state index is 11.7. The molecule has 0 aromatic rings. The first-order valence-electron chi connectivity index (χ1n) is 5.11. The van der Waals surface area contributed by atoms with Crippen molar-refractivity contribution in [2.24, 2.45) is 0 Å². The summed E-state index contributed by atoms with van der Waals surface area (Å²) < 4.78 is 10.5. The van der Waals surface area contributed by atoms with Crippen LogP contribution in [0.2, 0.25) is 0 Å². The van der Waals surface area contributed by atoms with Crippen molar-refractivity contribution in [3.63, 3.8) is 0 Å². The number of halogens is 2. The monoisotopic (exact) mass is 322 g/mol. The summed E-state index contributed by atoms with van der Waals surface area (Å²) in [7, 11) is 0.